The third-order valence-corrected chi connectivity index (χ3v) is 6.05. The van der Waals surface area contributed by atoms with Gasteiger partial charge in [0.25, 0.3) is 5.91 Å². The van der Waals surface area contributed by atoms with Gasteiger partial charge >= 0.3 is 0 Å². The fourth-order valence-electron chi connectivity index (χ4n) is 3.60. The second kappa shape index (κ2) is 10.0. The van der Waals surface area contributed by atoms with Gasteiger partial charge in [-0.25, -0.2) is 4.68 Å². The van der Waals surface area contributed by atoms with E-state index in [4.69, 9.17) is 16.7 Å². The second-order valence-corrected chi connectivity index (χ2v) is 10.3. The molecule has 0 fully saturated rings. The Morgan fingerprint density at radius 1 is 1.09 bits per heavy atom. The molecule has 180 valence electrons. The highest BCUT2D eigenvalue weighted by Crippen LogP contribution is 2.28. The van der Waals surface area contributed by atoms with Gasteiger partial charge in [0.1, 0.15) is 12.4 Å². The zero-order valence-corrected chi connectivity index (χ0v) is 21.7. The van der Waals surface area contributed by atoms with E-state index in [1.54, 1.807) is 28.9 Å². The number of hydrogen-bond acceptors (Lipinski definition) is 3. The first-order valence-corrected chi connectivity index (χ1v) is 11.8. The molecule has 1 heterocycles. The predicted molar refractivity (Wildman–Crippen MR) is 138 cm³/mol. The molecule has 0 radical (unpaired) electrons. The number of hydrogen-bond donors (Lipinski definition) is 1. The van der Waals surface area contributed by atoms with E-state index in [1.807, 2.05) is 52.0 Å². The van der Waals surface area contributed by atoms with Gasteiger partial charge in [0, 0.05) is 28.1 Å². The van der Waals surface area contributed by atoms with Crippen molar-refractivity contribution in [3.63, 3.8) is 0 Å². The standard InChI is InChI=1S/C27H33ClN4O2/c1-17(2)31(26(34)20-11-9-12-21(28)14-20)16-25(33)29-24-15-23(27(5,6)7)30-32(24)22-13-8-10-18(3)19(22)4/h8-15,17H,16H2,1-7H3,(H,29,33). The van der Waals surface area contributed by atoms with Gasteiger partial charge in [-0.05, 0) is 63.1 Å². The number of nitrogens with one attached hydrogen (secondary N) is 1. The molecule has 0 aliphatic rings. The molecule has 2 amide bonds. The first kappa shape index (κ1) is 25.5. The zero-order valence-electron chi connectivity index (χ0n) is 20.9. The maximum Gasteiger partial charge on any atom is 0.254 e. The number of anilines is 1. The van der Waals surface area contributed by atoms with Crippen molar-refractivity contribution in [1.82, 2.24) is 14.7 Å². The van der Waals surface area contributed by atoms with E-state index < -0.39 is 0 Å². The van der Waals surface area contributed by atoms with Gasteiger partial charge in [0.2, 0.25) is 5.91 Å². The topological polar surface area (TPSA) is 67.2 Å². The number of benzene rings is 2. The van der Waals surface area contributed by atoms with Crippen molar-refractivity contribution in [2.24, 2.45) is 0 Å². The molecule has 3 rings (SSSR count). The van der Waals surface area contributed by atoms with Crippen LogP contribution in [0.2, 0.25) is 5.02 Å². The van der Waals surface area contributed by atoms with Crippen molar-refractivity contribution in [3.8, 4) is 5.69 Å². The minimum absolute atomic E-state index is 0.0914. The van der Waals surface area contributed by atoms with E-state index in [9.17, 15) is 9.59 Å². The van der Waals surface area contributed by atoms with E-state index in [2.05, 4.69) is 26.1 Å². The Labute approximate surface area is 206 Å². The van der Waals surface area contributed by atoms with Crippen LogP contribution in [0.15, 0.2) is 48.5 Å². The largest absolute Gasteiger partial charge is 0.327 e. The Balaban J connectivity index is 1.91. The van der Waals surface area contributed by atoms with Crippen LogP contribution in [0.4, 0.5) is 5.82 Å². The molecule has 34 heavy (non-hydrogen) atoms. The van der Waals surface area contributed by atoms with Crippen molar-refractivity contribution in [1.29, 1.82) is 0 Å². The minimum Gasteiger partial charge on any atom is -0.327 e. The summed E-state index contributed by atoms with van der Waals surface area (Å²) in [6.45, 7) is 14.0. The van der Waals surface area contributed by atoms with Gasteiger partial charge in [-0.2, -0.15) is 5.10 Å². The Hall–Kier alpha value is -3.12. The molecule has 0 aliphatic carbocycles. The average molecular weight is 481 g/mol. The van der Waals surface area contributed by atoms with E-state index in [1.165, 1.54) is 4.90 Å². The van der Waals surface area contributed by atoms with E-state index in [-0.39, 0.29) is 29.8 Å². The lowest BCUT2D eigenvalue weighted by Gasteiger charge is -2.26. The summed E-state index contributed by atoms with van der Waals surface area (Å²) in [4.78, 5) is 27.8. The first-order chi connectivity index (χ1) is 15.9. The molecular weight excluding hydrogens is 448 g/mol. The summed E-state index contributed by atoms with van der Waals surface area (Å²) in [5.74, 6) is 0.0320. The summed E-state index contributed by atoms with van der Waals surface area (Å²) in [5.41, 5.74) is 4.24. The maximum atomic E-state index is 13.2. The fourth-order valence-corrected chi connectivity index (χ4v) is 3.79. The summed E-state index contributed by atoms with van der Waals surface area (Å²) >= 11 is 6.07. The minimum atomic E-state index is -0.295. The molecular formula is C27H33ClN4O2. The monoisotopic (exact) mass is 480 g/mol. The molecule has 0 aliphatic heterocycles. The number of amides is 2. The summed E-state index contributed by atoms with van der Waals surface area (Å²) in [6, 6.07) is 14.5. The molecule has 1 N–H and O–H groups in total. The number of nitrogens with zero attached hydrogens (tertiary/aromatic N) is 3. The van der Waals surface area contributed by atoms with Gasteiger partial charge in [-0.15, -0.1) is 0 Å². The highest BCUT2D eigenvalue weighted by molar-refractivity contribution is 6.31. The van der Waals surface area contributed by atoms with Crippen molar-refractivity contribution in [3.05, 3.63) is 75.9 Å². The lowest BCUT2D eigenvalue weighted by Crippen LogP contribution is -2.42. The summed E-state index contributed by atoms with van der Waals surface area (Å²) in [6.07, 6.45) is 0. The highest BCUT2D eigenvalue weighted by atomic mass is 35.5. The second-order valence-electron chi connectivity index (χ2n) is 9.88. The number of rotatable bonds is 6. The van der Waals surface area contributed by atoms with Gasteiger partial charge in [0.15, 0.2) is 0 Å². The molecule has 0 bridgehead atoms. The van der Waals surface area contributed by atoms with Crippen LogP contribution in [-0.2, 0) is 10.2 Å². The molecule has 3 aromatic rings. The molecule has 0 spiro atoms. The van der Waals surface area contributed by atoms with Crippen molar-refractivity contribution in [2.75, 3.05) is 11.9 Å². The van der Waals surface area contributed by atoms with E-state index in [0.717, 1.165) is 22.5 Å². The fraction of sp³-hybridized carbons (Fsp3) is 0.370. The van der Waals surface area contributed by atoms with Crippen LogP contribution in [0.5, 0.6) is 0 Å². The lowest BCUT2D eigenvalue weighted by molar-refractivity contribution is -0.117. The molecule has 2 aromatic carbocycles. The number of carbonyl (C=O) groups is 2. The summed E-state index contributed by atoms with van der Waals surface area (Å²) in [5, 5.41) is 8.29. The van der Waals surface area contributed by atoms with Crippen molar-refractivity contribution in [2.45, 2.75) is 59.9 Å². The van der Waals surface area contributed by atoms with Crippen LogP contribution < -0.4 is 5.32 Å². The third kappa shape index (κ3) is 5.68. The summed E-state index contributed by atoms with van der Waals surface area (Å²) < 4.78 is 1.78. The molecule has 7 heteroatoms. The summed E-state index contributed by atoms with van der Waals surface area (Å²) in [7, 11) is 0. The maximum absolute atomic E-state index is 13.2. The zero-order chi connectivity index (χ0) is 25.2. The predicted octanol–water partition coefficient (Wildman–Crippen LogP) is 5.93. The van der Waals surface area contributed by atoms with Crippen molar-refractivity contribution < 1.29 is 9.59 Å². The first-order valence-electron chi connectivity index (χ1n) is 11.4. The number of halogens is 1. The van der Waals surface area contributed by atoms with Gasteiger partial charge in [-0.1, -0.05) is 50.6 Å². The number of carbonyl (C=O) groups excluding carboxylic acids is 2. The van der Waals surface area contributed by atoms with Crippen molar-refractivity contribution >= 4 is 29.2 Å². The Morgan fingerprint density at radius 3 is 2.38 bits per heavy atom. The van der Waals surface area contributed by atoms with Crippen LogP contribution in [0.25, 0.3) is 5.69 Å². The Bertz CT molecular complexity index is 1210. The Morgan fingerprint density at radius 2 is 1.76 bits per heavy atom. The Kier molecular flexibility index (Phi) is 7.51. The number of aryl methyl sites for hydroxylation is 1. The smallest absolute Gasteiger partial charge is 0.254 e. The van der Waals surface area contributed by atoms with E-state index in [0.29, 0.717) is 16.4 Å². The lowest BCUT2D eigenvalue weighted by atomic mass is 9.92. The average Bonchev–Trinajstić information content (AvgIpc) is 3.17. The van der Waals surface area contributed by atoms with Crippen LogP contribution in [0, 0.1) is 13.8 Å². The SMILES string of the molecule is Cc1cccc(-n2nc(C(C)(C)C)cc2NC(=O)CN(C(=O)c2cccc(Cl)c2)C(C)C)c1C. The van der Waals surface area contributed by atoms with Crippen LogP contribution >= 0.6 is 11.6 Å². The molecule has 0 unspecified atom stereocenters. The van der Waals surface area contributed by atoms with Crippen LogP contribution in [-0.4, -0.2) is 39.1 Å². The van der Waals surface area contributed by atoms with Crippen LogP contribution in [0.1, 0.15) is 61.8 Å². The molecule has 0 saturated carbocycles. The van der Waals surface area contributed by atoms with Gasteiger partial charge in [0.05, 0.1) is 11.4 Å². The molecule has 0 atom stereocenters. The van der Waals surface area contributed by atoms with Gasteiger partial charge in [-0.3, -0.25) is 9.59 Å². The normalized spacial score (nSPS) is 11.6. The number of aromatic nitrogens is 2. The third-order valence-electron chi connectivity index (χ3n) is 5.82. The van der Waals surface area contributed by atoms with Crippen LogP contribution in [0.3, 0.4) is 0 Å². The van der Waals surface area contributed by atoms with E-state index >= 15 is 0 Å². The molecule has 0 saturated heterocycles. The molecule has 1 aromatic heterocycles. The quantitative estimate of drug-likeness (QED) is 0.475. The molecule has 6 nitrogen and oxygen atoms in total. The highest BCUT2D eigenvalue weighted by Gasteiger charge is 2.25. The van der Waals surface area contributed by atoms with Gasteiger partial charge < -0.3 is 10.2 Å².